The molecule has 3 atom stereocenters. The Morgan fingerprint density at radius 1 is 1.10 bits per heavy atom. The molecule has 4 heterocycles. The summed E-state index contributed by atoms with van der Waals surface area (Å²) < 4.78 is 14.8. The summed E-state index contributed by atoms with van der Waals surface area (Å²) in [5.74, 6) is -0.211. The van der Waals surface area contributed by atoms with Gasteiger partial charge in [-0.25, -0.2) is 4.39 Å². The van der Waals surface area contributed by atoms with Crippen molar-refractivity contribution in [3.05, 3.63) is 71.3 Å². The number of nitrogens with zero attached hydrogens (tertiary/aromatic N) is 3. The maximum atomic E-state index is 13.5. The van der Waals surface area contributed by atoms with Crippen LogP contribution in [0.3, 0.4) is 0 Å². The van der Waals surface area contributed by atoms with E-state index in [4.69, 9.17) is 0 Å². The van der Waals surface area contributed by atoms with E-state index in [0.717, 1.165) is 16.8 Å². The molecule has 0 bridgehead atoms. The summed E-state index contributed by atoms with van der Waals surface area (Å²) in [6.07, 6.45) is 5.54. The number of hydrogen-bond acceptors (Lipinski definition) is 5. The highest BCUT2D eigenvalue weighted by Crippen LogP contribution is 2.55. The second-order valence-corrected chi connectivity index (χ2v) is 7.92. The number of benzene rings is 1. The fraction of sp³-hybridized carbons (Fsp3) is 0.261. The number of hydrogen-bond donors (Lipinski definition) is 3. The predicted molar refractivity (Wildman–Crippen MR) is 110 cm³/mol. The van der Waals surface area contributed by atoms with Gasteiger partial charge in [0.05, 0.1) is 17.8 Å². The number of aliphatic hydroxyl groups excluding tert-OH is 1. The summed E-state index contributed by atoms with van der Waals surface area (Å²) in [7, 11) is 1.62. The number of rotatable bonds is 3. The molecule has 7 heteroatoms. The SMILES string of the molecule is Cn1c(O)c2c(c1O)C1C[C@@H](O)CN1C2C=Cc1ccc(-c2cccc(F)c2)cn1. The number of halogens is 1. The lowest BCUT2D eigenvalue weighted by molar-refractivity contribution is 0.167. The quantitative estimate of drug-likeness (QED) is 0.619. The van der Waals surface area contributed by atoms with Crippen molar-refractivity contribution in [3.63, 3.8) is 0 Å². The molecule has 3 aromatic rings. The van der Waals surface area contributed by atoms with Crippen molar-refractivity contribution in [2.24, 2.45) is 7.05 Å². The van der Waals surface area contributed by atoms with Crippen molar-refractivity contribution in [1.29, 1.82) is 0 Å². The maximum absolute atomic E-state index is 13.5. The molecule has 0 aliphatic carbocycles. The van der Waals surface area contributed by atoms with Crippen LogP contribution in [0.25, 0.3) is 17.2 Å². The van der Waals surface area contributed by atoms with Gasteiger partial charge in [0, 0.05) is 42.5 Å². The first-order valence-corrected chi connectivity index (χ1v) is 9.88. The van der Waals surface area contributed by atoms with E-state index in [-0.39, 0.29) is 29.7 Å². The molecule has 0 saturated carbocycles. The van der Waals surface area contributed by atoms with Crippen LogP contribution in [-0.4, -0.2) is 42.4 Å². The molecule has 1 aromatic carbocycles. The van der Waals surface area contributed by atoms with Crippen molar-refractivity contribution in [3.8, 4) is 22.9 Å². The molecule has 1 fully saturated rings. The molecule has 2 aromatic heterocycles. The zero-order valence-electron chi connectivity index (χ0n) is 16.4. The second-order valence-electron chi connectivity index (χ2n) is 7.92. The number of fused-ring (bicyclic) bond motifs is 3. The normalized spacial score (nSPS) is 23.2. The van der Waals surface area contributed by atoms with Crippen molar-refractivity contribution < 1.29 is 19.7 Å². The zero-order chi connectivity index (χ0) is 21.0. The molecule has 2 aliphatic rings. The Morgan fingerprint density at radius 3 is 2.63 bits per heavy atom. The number of aliphatic hydroxyl groups is 1. The van der Waals surface area contributed by atoms with Gasteiger partial charge in [-0.05, 0) is 36.3 Å². The fourth-order valence-electron chi connectivity index (χ4n) is 4.66. The third-order valence-electron chi connectivity index (χ3n) is 6.10. The second kappa shape index (κ2) is 6.97. The molecule has 2 unspecified atom stereocenters. The Labute approximate surface area is 173 Å². The molecule has 0 amide bonds. The number of aromatic hydroxyl groups is 2. The van der Waals surface area contributed by atoms with Crippen molar-refractivity contribution in [1.82, 2.24) is 14.5 Å². The minimum Gasteiger partial charge on any atom is -0.494 e. The van der Waals surface area contributed by atoms with E-state index in [1.807, 2.05) is 30.4 Å². The first kappa shape index (κ1) is 18.8. The maximum Gasteiger partial charge on any atom is 0.199 e. The van der Waals surface area contributed by atoms with Crippen LogP contribution in [0.5, 0.6) is 11.8 Å². The molecule has 30 heavy (non-hydrogen) atoms. The van der Waals surface area contributed by atoms with Crippen LogP contribution in [0.15, 0.2) is 48.7 Å². The van der Waals surface area contributed by atoms with E-state index in [1.165, 1.54) is 16.7 Å². The average Bonchev–Trinajstić information content (AvgIpc) is 3.32. The largest absolute Gasteiger partial charge is 0.494 e. The van der Waals surface area contributed by atoms with Gasteiger partial charge in [-0.1, -0.05) is 24.3 Å². The molecule has 0 spiro atoms. The minimum atomic E-state index is -0.468. The highest BCUT2D eigenvalue weighted by atomic mass is 19.1. The smallest absolute Gasteiger partial charge is 0.199 e. The monoisotopic (exact) mass is 407 g/mol. The van der Waals surface area contributed by atoms with Gasteiger partial charge in [0.15, 0.2) is 11.8 Å². The molecular formula is C23H22FN3O3. The summed E-state index contributed by atoms with van der Waals surface area (Å²) in [4.78, 5) is 6.54. The Morgan fingerprint density at radius 2 is 1.90 bits per heavy atom. The van der Waals surface area contributed by atoms with E-state index >= 15 is 0 Å². The van der Waals surface area contributed by atoms with Gasteiger partial charge in [0.25, 0.3) is 0 Å². The van der Waals surface area contributed by atoms with Gasteiger partial charge in [-0.3, -0.25) is 14.5 Å². The van der Waals surface area contributed by atoms with Crippen LogP contribution >= 0.6 is 0 Å². The molecule has 2 aliphatic heterocycles. The number of pyridine rings is 1. The molecule has 154 valence electrons. The molecule has 3 N–H and O–H groups in total. The highest BCUT2D eigenvalue weighted by Gasteiger charge is 2.48. The summed E-state index contributed by atoms with van der Waals surface area (Å²) >= 11 is 0. The topological polar surface area (TPSA) is 81.8 Å². The van der Waals surface area contributed by atoms with Crippen LogP contribution in [0.1, 0.15) is 35.3 Å². The van der Waals surface area contributed by atoms with Gasteiger partial charge in [-0.2, -0.15) is 0 Å². The Balaban J connectivity index is 1.45. The molecular weight excluding hydrogens is 385 g/mol. The minimum absolute atomic E-state index is 0.0375. The summed E-state index contributed by atoms with van der Waals surface area (Å²) in [5, 5.41) is 31.1. The van der Waals surface area contributed by atoms with E-state index < -0.39 is 6.10 Å². The first-order valence-electron chi connectivity index (χ1n) is 9.88. The highest BCUT2D eigenvalue weighted by molar-refractivity contribution is 5.64. The van der Waals surface area contributed by atoms with Crippen LogP contribution < -0.4 is 0 Å². The van der Waals surface area contributed by atoms with E-state index in [2.05, 4.69) is 9.88 Å². The Hall–Kier alpha value is -3.16. The zero-order valence-corrected chi connectivity index (χ0v) is 16.4. The van der Waals surface area contributed by atoms with E-state index in [9.17, 15) is 19.7 Å². The lowest BCUT2D eigenvalue weighted by Gasteiger charge is -2.22. The van der Waals surface area contributed by atoms with Crippen molar-refractivity contribution in [2.75, 3.05) is 6.54 Å². The average molecular weight is 407 g/mol. The van der Waals surface area contributed by atoms with Gasteiger partial charge in [0.1, 0.15) is 5.82 Å². The molecule has 5 rings (SSSR count). The lowest BCUT2D eigenvalue weighted by Crippen LogP contribution is -2.23. The Bertz CT molecular complexity index is 1140. The first-order chi connectivity index (χ1) is 14.4. The summed E-state index contributed by atoms with van der Waals surface area (Å²) in [6.45, 7) is 0.475. The van der Waals surface area contributed by atoms with Crippen LogP contribution in [0, 0.1) is 5.82 Å². The van der Waals surface area contributed by atoms with Gasteiger partial charge < -0.3 is 15.3 Å². The standard InChI is InChI=1S/C23H22FN3O3/c1-26-22(29)20-18(27-12-17(28)10-19(27)21(20)23(26)30)8-7-16-6-5-14(11-25-16)13-3-2-4-15(24)9-13/h2-9,11,17-19,28-30H,10,12H2,1H3/t17-,18?,19?/m1/s1. The third kappa shape index (κ3) is 2.89. The summed E-state index contributed by atoms with van der Waals surface area (Å²) in [5.41, 5.74) is 3.68. The van der Waals surface area contributed by atoms with E-state index in [1.54, 1.807) is 19.3 Å². The molecule has 0 radical (unpaired) electrons. The van der Waals surface area contributed by atoms with Gasteiger partial charge >= 0.3 is 0 Å². The third-order valence-corrected chi connectivity index (χ3v) is 6.10. The lowest BCUT2D eigenvalue weighted by atomic mass is 10.0. The van der Waals surface area contributed by atoms with Crippen LogP contribution in [-0.2, 0) is 7.05 Å². The van der Waals surface area contributed by atoms with Crippen LogP contribution in [0.4, 0.5) is 4.39 Å². The Kier molecular flexibility index (Phi) is 4.38. The van der Waals surface area contributed by atoms with Gasteiger partial charge in [0.2, 0.25) is 0 Å². The molecule has 6 nitrogen and oxygen atoms in total. The van der Waals surface area contributed by atoms with Crippen LogP contribution in [0.2, 0.25) is 0 Å². The van der Waals surface area contributed by atoms with Crippen molar-refractivity contribution in [2.45, 2.75) is 24.6 Å². The van der Waals surface area contributed by atoms with Gasteiger partial charge in [-0.15, -0.1) is 0 Å². The fourth-order valence-corrected chi connectivity index (χ4v) is 4.66. The van der Waals surface area contributed by atoms with E-state index in [0.29, 0.717) is 24.1 Å². The summed E-state index contributed by atoms with van der Waals surface area (Å²) in [6, 6.07) is 9.72. The number of aromatic nitrogens is 2. The predicted octanol–water partition coefficient (Wildman–Crippen LogP) is 3.51. The van der Waals surface area contributed by atoms with Crippen molar-refractivity contribution >= 4 is 6.08 Å². The molecule has 1 saturated heterocycles.